The topological polar surface area (TPSA) is 43.4 Å². The number of hydrogen-bond acceptors (Lipinski definition) is 3. The van der Waals surface area contributed by atoms with E-state index < -0.39 is 0 Å². The molecule has 0 aliphatic carbocycles. The summed E-state index contributed by atoms with van der Waals surface area (Å²) in [5, 5.41) is 0. The monoisotopic (exact) mass is 180 g/mol. The minimum atomic E-state index is -0.245. The fraction of sp³-hybridized carbons (Fsp3) is 0.778. The highest BCUT2D eigenvalue weighted by Gasteiger charge is 1.75. The second-order valence-electron chi connectivity index (χ2n) is 1.60. The van der Waals surface area contributed by atoms with Gasteiger partial charge in [0.25, 0.3) is 0 Å². The van der Waals surface area contributed by atoms with Gasteiger partial charge in [0.15, 0.2) is 0 Å². The molecule has 0 aromatic heterocycles. The summed E-state index contributed by atoms with van der Waals surface area (Å²) in [7, 11) is 1.35. The number of methoxy groups -OCH3 is 1. The summed E-state index contributed by atoms with van der Waals surface area (Å²) in [4.78, 5) is 19.0. The van der Waals surface area contributed by atoms with Gasteiger partial charge < -0.3 is 9.53 Å². The second kappa shape index (κ2) is 22.5. The molecule has 0 bridgehead atoms. The molecule has 0 atom stereocenters. The predicted molar refractivity (Wildman–Crippen MR) is 54.2 cm³/mol. The van der Waals surface area contributed by atoms with Gasteiger partial charge in [-0.25, -0.2) is 0 Å². The van der Waals surface area contributed by atoms with Gasteiger partial charge in [0.1, 0.15) is 5.78 Å². The fourth-order valence-corrected chi connectivity index (χ4v) is 0. The van der Waals surface area contributed by atoms with Gasteiger partial charge in [-0.05, 0) is 13.8 Å². The van der Waals surface area contributed by atoms with E-state index in [1.54, 1.807) is 0 Å². The van der Waals surface area contributed by atoms with Crippen molar-refractivity contribution >= 4 is 11.8 Å². The molecule has 0 fully saturated rings. The number of carbonyl (C=O) groups is 2. The molecule has 0 aliphatic rings. The molecule has 0 unspecified atom stereocenters. The quantitative estimate of drug-likeness (QED) is 0.538. The Morgan fingerprint density at radius 3 is 1.00 bits per heavy atom. The Labute approximate surface area is 77.1 Å². The van der Waals surface area contributed by atoms with E-state index in [4.69, 9.17) is 0 Å². The van der Waals surface area contributed by atoms with Crippen molar-refractivity contribution < 1.29 is 14.3 Å². The highest BCUT2D eigenvalue weighted by Crippen LogP contribution is 1.60. The van der Waals surface area contributed by atoms with Crippen LogP contribution in [0.25, 0.3) is 0 Å². The SMILES string of the molecule is C.C.C.CC(C)=O.COC(C)=O. The molecule has 0 aromatic carbocycles. The Morgan fingerprint density at radius 2 is 1.00 bits per heavy atom. The summed E-state index contributed by atoms with van der Waals surface area (Å²) >= 11 is 0. The molecule has 0 heterocycles. The van der Waals surface area contributed by atoms with Crippen LogP contribution in [0.1, 0.15) is 43.1 Å². The van der Waals surface area contributed by atoms with Gasteiger partial charge in [0.05, 0.1) is 7.11 Å². The maximum absolute atomic E-state index is 9.59. The largest absolute Gasteiger partial charge is 0.469 e. The van der Waals surface area contributed by atoms with Gasteiger partial charge in [-0.1, -0.05) is 22.3 Å². The first-order chi connectivity index (χ1) is 4.00. The van der Waals surface area contributed by atoms with Crippen LogP contribution in [0, 0.1) is 0 Å². The van der Waals surface area contributed by atoms with E-state index in [-0.39, 0.29) is 34.0 Å². The Morgan fingerprint density at radius 1 is 0.917 bits per heavy atom. The first-order valence-corrected chi connectivity index (χ1v) is 2.52. The molecule has 0 amide bonds. The van der Waals surface area contributed by atoms with Gasteiger partial charge in [0.2, 0.25) is 0 Å². The van der Waals surface area contributed by atoms with Crippen LogP contribution in [-0.2, 0) is 14.3 Å². The maximum atomic E-state index is 9.59. The van der Waals surface area contributed by atoms with E-state index in [1.165, 1.54) is 27.9 Å². The van der Waals surface area contributed by atoms with Gasteiger partial charge in [0, 0.05) is 6.92 Å². The number of carbonyl (C=O) groups excluding carboxylic acids is 2. The van der Waals surface area contributed by atoms with Crippen LogP contribution >= 0.6 is 0 Å². The molecule has 0 spiro atoms. The third-order valence-electron chi connectivity index (χ3n) is 0.287. The third-order valence-corrected chi connectivity index (χ3v) is 0.287. The van der Waals surface area contributed by atoms with Crippen LogP contribution in [0.3, 0.4) is 0 Å². The molecule has 78 valence electrons. The Balaban J connectivity index is -0.0000000221. The summed E-state index contributed by atoms with van der Waals surface area (Å²) in [6, 6.07) is 0. The lowest BCUT2D eigenvalue weighted by molar-refractivity contribution is -0.137. The highest BCUT2D eigenvalue weighted by atomic mass is 16.5. The van der Waals surface area contributed by atoms with Crippen LogP contribution in [0.4, 0.5) is 0 Å². The molecular weight excluding hydrogens is 156 g/mol. The second-order valence-corrected chi connectivity index (χ2v) is 1.60. The zero-order valence-corrected chi connectivity index (χ0v) is 6.22. The van der Waals surface area contributed by atoms with E-state index >= 15 is 0 Å². The first-order valence-electron chi connectivity index (χ1n) is 2.52. The van der Waals surface area contributed by atoms with Gasteiger partial charge in [-0.3, -0.25) is 4.79 Å². The van der Waals surface area contributed by atoms with Crippen LogP contribution in [0.5, 0.6) is 0 Å². The van der Waals surface area contributed by atoms with Crippen molar-refractivity contribution in [3.63, 3.8) is 0 Å². The molecule has 3 heteroatoms. The lowest BCUT2D eigenvalue weighted by atomic mass is 10.6. The maximum Gasteiger partial charge on any atom is 0.302 e. The van der Waals surface area contributed by atoms with E-state index in [0.29, 0.717) is 0 Å². The fourth-order valence-electron chi connectivity index (χ4n) is 0. The molecule has 0 saturated carbocycles. The van der Waals surface area contributed by atoms with Crippen molar-refractivity contribution in [2.75, 3.05) is 7.11 Å². The molecule has 0 saturated heterocycles. The van der Waals surface area contributed by atoms with Crippen LogP contribution in [0.2, 0.25) is 0 Å². The normalized spacial score (nSPS) is 5.00. The summed E-state index contributed by atoms with van der Waals surface area (Å²) in [5.41, 5.74) is 0. The Bertz CT molecular complexity index is 93.9. The summed E-state index contributed by atoms with van der Waals surface area (Å²) in [5.74, 6) is -0.0787. The standard InChI is InChI=1S/C3H6O2.C3H6O.3CH4/c1-3(4)5-2;1-3(2)4;;;/h1-2H3;1-2H3;3*1H4. The Kier molecular flexibility index (Phi) is 56.9. The van der Waals surface area contributed by atoms with E-state index in [1.807, 2.05) is 0 Å². The smallest absolute Gasteiger partial charge is 0.302 e. The zero-order chi connectivity index (χ0) is 7.86. The van der Waals surface area contributed by atoms with E-state index in [2.05, 4.69) is 4.74 Å². The third kappa shape index (κ3) is 466. The lowest BCUT2D eigenvalue weighted by Gasteiger charge is -1.80. The van der Waals surface area contributed by atoms with Gasteiger partial charge in [-0.15, -0.1) is 0 Å². The average molecular weight is 180 g/mol. The first kappa shape index (κ1) is 30.4. The van der Waals surface area contributed by atoms with Crippen molar-refractivity contribution in [1.29, 1.82) is 0 Å². The number of hydrogen-bond donors (Lipinski definition) is 0. The molecule has 0 aliphatic heterocycles. The lowest BCUT2D eigenvalue weighted by Crippen LogP contribution is -1.88. The predicted octanol–water partition coefficient (Wildman–Crippen LogP) is 2.68. The van der Waals surface area contributed by atoms with Crippen LogP contribution < -0.4 is 0 Å². The van der Waals surface area contributed by atoms with Crippen molar-refractivity contribution in [3.8, 4) is 0 Å². The summed E-state index contributed by atoms with van der Waals surface area (Å²) in [6.45, 7) is 4.42. The van der Waals surface area contributed by atoms with Crippen molar-refractivity contribution in [2.45, 2.75) is 43.1 Å². The molecule has 0 aromatic rings. The molecule has 0 N–H and O–H groups in total. The van der Waals surface area contributed by atoms with E-state index in [9.17, 15) is 9.59 Å². The molecule has 12 heavy (non-hydrogen) atoms. The number of ketones is 1. The minimum Gasteiger partial charge on any atom is -0.469 e. The summed E-state index contributed by atoms with van der Waals surface area (Å²) in [6.07, 6.45) is 0. The average Bonchev–Trinajstić information content (AvgIpc) is 1.65. The molecule has 0 radical (unpaired) electrons. The van der Waals surface area contributed by atoms with Crippen LogP contribution in [-0.4, -0.2) is 18.9 Å². The highest BCUT2D eigenvalue weighted by molar-refractivity contribution is 5.72. The summed E-state index contributed by atoms with van der Waals surface area (Å²) < 4.78 is 4.11. The van der Waals surface area contributed by atoms with Crippen LogP contribution in [0.15, 0.2) is 0 Å². The van der Waals surface area contributed by atoms with Crippen molar-refractivity contribution in [3.05, 3.63) is 0 Å². The Hall–Kier alpha value is -0.860. The number of Topliss-reactive ketones (excluding diaryl/α,β-unsaturated/α-hetero) is 1. The van der Waals surface area contributed by atoms with Gasteiger partial charge >= 0.3 is 5.97 Å². The van der Waals surface area contributed by atoms with Crippen molar-refractivity contribution in [2.24, 2.45) is 0 Å². The van der Waals surface area contributed by atoms with E-state index in [0.717, 1.165) is 0 Å². The number of esters is 1. The van der Waals surface area contributed by atoms with Crippen molar-refractivity contribution in [1.82, 2.24) is 0 Å². The molecule has 0 rings (SSSR count). The van der Waals surface area contributed by atoms with Gasteiger partial charge in [-0.2, -0.15) is 0 Å². The number of rotatable bonds is 0. The molecular formula is C9H24O3. The zero-order valence-electron chi connectivity index (χ0n) is 6.22. The minimum absolute atomic E-state index is 0. The molecule has 3 nitrogen and oxygen atoms in total. The number of ether oxygens (including phenoxy) is 1.